The smallest absolute Gasteiger partial charge is 0.344 e. The molecular formula is C10H8F17N. The van der Waals surface area contributed by atoms with Gasteiger partial charge in [-0.05, 0) is 0 Å². The van der Waals surface area contributed by atoms with Crippen LogP contribution in [-0.2, 0) is 0 Å². The molecule has 0 aromatic carbocycles. The molecule has 0 fully saturated rings. The number of hydrogen-bond acceptors (Lipinski definition) is 1. The third kappa shape index (κ3) is 3.34. The quantitative estimate of drug-likeness (QED) is 0.425. The minimum Gasteiger partial charge on any atom is -0.344 e. The zero-order chi connectivity index (χ0) is 22.7. The zero-order valence-corrected chi connectivity index (χ0v) is 12.8. The summed E-state index contributed by atoms with van der Waals surface area (Å²) in [7, 11) is 0. The molecule has 28 heavy (non-hydrogen) atoms. The summed E-state index contributed by atoms with van der Waals surface area (Å²) in [6.45, 7) is -0.0628. The molecule has 0 rings (SSSR count). The Kier molecular flexibility index (Phi) is 7.17. The van der Waals surface area contributed by atoms with E-state index in [1.165, 1.54) is 0 Å². The summed E-state index contributed by atoms with van der Waals surface area (Å²) >= 11 is 0. The van der Waals surface area contributed by atoms with Gasteiger partial charge in [-0.3, -0.25) is 0 Å². The van der Waals surface area contributed by atoms with Crippen molar-refractivity contribution in [1.29, 1.82) is 0 Å². The molecule has 0 heterocycles. The molecule has 0 bridgehead atoms. The number of alkyl halides is 17. The Balaban J connectivity index is 0. The van der Waals surface area contributed by atoms with Crippen LogP contribution in [0.25, 0.3) is 0 Å². The third-order valence-electron chi connectivity index (χ3n) is 3.23. The van der Waals surface area contributed by atoms with Gasteiger partial charge < -0.3 is 6.15 Å². The minimum absolute atomic E-state index is 0. The topological polar surface area (TPSA) is 35.0 Å². The van der Waals surface area contributed by atoms with E-state index in [4.69, 9.17) is 0 Å². The van der Waals surface area contributed by atoms with Crippen molar-refractivity contribution in [3.63, 3.8) is 0 Å². The average molecular weight is 465 g/mol. The van der Waals surface area contributed by atoms with Gasteiger partial charge in [0.2, 0.25) is 0 Å². The van der Waals surface area contributed by atoms with Crippen LogP contribution in [0.2, 0.25) is 0 Å². The van der Waals surface area contributed by atoms with Gasteiger partial charge in [-0.1, -0.05) is 6.92 Å². The second-order valence-electron chi connectivity index (χ2n) is 5.00. The van der Waals surface area contributed by atoms with E-state index in [1.54, 1.807) is 0 Å². The second kappa shape index (κ2) is 6.93. The van der Waals surface area contributed by atoms with Crippen molar-refractivity contribution in [2.45, 2.75) is 61.0 Å². The molecule has 0 aromatic heterocycles. The van der Waals surface area contributed by atoms with Gasteiger partial charge in [-0.2, -0.15) is 74.6 Å². The fourth-order valence-corrected chi connectivity index (χ4v) is 1.42. The molecule has 0 atom stereocenters. The Labute approximate surface area is 143 Å². The van der Waals surface area contributed by atoms with E-state index >= 15 is 0 Å². The predicted octanol–water partition coefficient (Wildman–Crippen LogP) is 6.57. The van der Waals surface area contributed by atoms with E-state index in [1.807, 2.05) is 0 Å². The summed E-state index contributed by atoms with van der Waals surface area (Å²) in [6.07, 6.45) is -10.2. The monoisotopic (exact) mass is 465 g/mol. The van der Waals surface area contributed by atoms with Crippen LogP contribution in [0.3, 0.4) is 0 Å². The molecule has 0 unspecified atom stereocenters. The molecule has 0 saturated heterocycles. The lowest BCUT2D eigenvalue weighted by Gasteiger charge is -2.42. The number of rotatable bonds is 7. The first-order valence-corrected chi connectivity index (χ1v) is 6.02. The maximum absolute atomic E-state index is 13.1. The molecule has 172 valence electrons. The Morgan fingerprint density at radius 1 is 0.393 bits per heavy atom. The van der Waals surface area contributed by atoms with Crippen molar-refractivity contribution in [3.05, 3.63) is 0 Å². The molecule has 0 aliphatic heterocycles. The fraction of sp³-hybridized carbons (Fsp3) is 1.00. The highest BCUT2D eigenvalue weighted by Crippen LogP contribution is 2.64. The predicted molar refractivity (Wildman–Crippen MR) is 56.0 cm³/mol. The number of hydrogen-bond donors (Lipinski definition) is 1. The van der Waals surface area contributed by atoms with E-state index in [9.17, 15) is 74.6 Å². The third-order valence-corrected chi connectivity index (χ3v) is 3.23. The maximum atomic E-state index is 13.1. The van der Waals surface area contributed by atoms with Crippen LogP contribution < -0.4 is 6.15 Å². The summed E-state index contributed by atoms with van der Waals surface area (Å²) in [4.78, 5) is 0. The summed E-state index contributed by atoms with van der Waals surface area (Å²) in [6, 6.07) is 0. The molecule has 0 aliphatic rings. The van der Waals surface area contributed by atoms with Gasteiger partial charge >= 0.3 is 47.6 Å². The van der Waals surface area contributed by atoms with Gasteiger partial charge in [-0.15, -0.1) is 0 Å². The van der Waals surface area contributed by atoms with Crippen LogP contribution in [-0.4, -0.2) is 47.6 Å². The van der Waals surface area contributed by atoms with Gasteiger partial charge in [0.1, 0.15) is 0 Å². The average Bonchev–Trinajstić information content (AvgIpc) is 2.44. The van der Waals surface area contributed by atoms with Crippen molar-refractivity contribution in [2.75, 3.05) is 0 Å². The van der Waals surface area contributed by atoms with E-state index < -0.39 is 54.1 Å². The Bertz CT molecular complexity index is 545. The lowest BCUT2D eigenvalue weighted by Crippen LogP contribution is -2.74. The van der Waals surface area contributed by atoms with Crippen LogP contribution >= 0.6 is 0 Å². The van der Waals surface area contributed by atoms with Crippen LogP contribution in [0.4, 0.5) is 74.6 Å². The molecular weight excluding hydrogens is 457 g/mol. The lowest BCUT2D eigenvalue weighted by atomic mass is 9.88. The summed E-state index contributed by atoms with van der Waals surface area (Å²) in [5.74, 6) is -55.6. The van der Waals surface area contributed by atoms with Crippen molar-refractivity contribution >= 4 is 0 Å². The molecule has 0 spiro atoms. The Hall–Kier alpha value is -1.23. The van der Waals surface area contributed by atoms with E-state index in [2.05, 4.69) is 0 Å². The molecule has 1 nitrogen and oxygen atoms in total. The highest BCUT2D eigenvalue weighted by molar-refractivity contribution is 5.14. The van der Waals surface area contributed by atoms with Gasteiger partial charge in [-0.25, -0.2) is 0 Å². The molecule has 0 saturated carbocycles. The van der Waals surface area contributed by atoms with E-state index in [0.29, 0.717) is 0 Å². The molecule has 0 radical (unpaired) electrons. The molecule has 0 aromatic rings. The second-order valence-corrected chi connectivity index (χ2v) is 5.00. The van der Waals surface area contributed by atoms with Crippen LogP contribution in [0.5, 0.6) is 0 Å². The van der Waals surface area contributed by atoms with Gasteiger partial charge in [0.15, 0.2) is 0 Å². The first-order valence-electron chi connectivity index (χ1n) is 6.02. The van der Waals surface area contributed by atoms with Crippen molar-refractivity contribution in [2.24, 2.45) is 0 Å². The standard InChI is InChI=1S/C10H5F17.H3N/c1-2-3(11,12)4(13,14)5(15,16)6(17,18)7(19,20)8(21,22)9(23,24)10(25,26)27;/h2H2,1H3;1H3. The first kappa shape index (κ1) is 29.0. The molecule has 0 amide bonds. The van der Waals surface area contributed by atoms with Crippen LogP contribution in [0, 0.1) is 0 Å². The van der Waals surface area contributed by atoms with Crippen LogP contribution in [0.15, 0.2) is 0 Å². The lowest BCUT2D eigenvalue weighted by molar-refractivity contribution is -0.461. The van der Waals surface area contributed by atoms with Gasteiger partial charge in [0.05, 0.1) is 0 Å². The summed E-state index contributed by atoms with van der Waals surface area (Å²) < 4.78 is 215. The molecule has 3 N–H and O–H groups in total. The van der Waals surface area contributed by atoms with E-state index in [0.717, 1.165) is 0 Å². The van der Waals surface area contributed by atoms with Gasteiger partial charge in [0, 0.05) is 6.42 Å². The van der Waals surface area contributed by atoms with Crippen molar-refractivity contribution in [1.82, 2.24) is 6.15 Å². The van der Waals surface area contributed by atoms with Gasteiger partial charge in [0.25, 0.3) is 0 Å². The van der Waals surface area contributed by atoms with E-state index in [-0.39, 0.29) is 13.1 Å². The fourth-order valence-electron chi connectivity index (χ4n) is 1.42. The van der Waals surface area contributed by atoms with Crippen LogP contribution in [0.1, 0.15) is 13.3 Å². The summed E-state index contributed by atoms with van der Waals surface area (Å²) in [5, 5.41) is 0. The number of halogens is 17. The SMILES string of the molecule is CCC(F)(F)C(F)(F)C(F)(F)C(F)(F)C(F)(F)C(F)(F)C(F)(F)C(F)(F)F.N. The van der Waals surface area contributed by atoms with Crippen molar-refractivity contribution in [3.8, 4) is 0 Å². The highest BCUT2D eigenvalue weighted by atomic mass is 19.4. The first-order chi connectivity index (χ1) is 11.3. The Morgan fingerprint density at radius 3 is 0.821 bits per heavy atom. The zero-order valence-electron chi connectivity index (χ0n) is 12.8. The normalized spacial score (nSPS) is 16.1. The molecule has 0 aliphatic carbocycles. The minimum atomic E-state index is -8.56. The Morgan fingerprint density at radius 2 is 0.607 bits per heavy atom. The summed E-state index contributed by atoms with van der Waals surface area (Å²) in [5.41, 5.74) is 0. The largest absolute Gasteiger partial charge is 0.460 e. The van der Waals surface area contributed by atoms with Crippen molar-refractivity contribution < 1.29 is 74.6 Å². The highest BCUT2D eigenvalue weighted by Gasteiger charge is 2.95. The maximum Gasteiger partial charge on any atom is 0.460 e. The molecule has 18 heteroatoms.